The maximum atomic E-state index is 6.22. The van der Waals surface area contributed by atoms with E-state index in [1.54, 1.807) is 11.3 Å². The number of rotatable bonds is 5. The largest absolute Gasteiger partial charge is 0.347 e. The molecule has 3 aromatic heterocycles. The minimum atomic E-state index is 0.480. The molecule has 3 nitrogen and oxygen atoms in total. The van der Waals surface area contributed by atoms with Crippen LogP contribution in [0.15, 0.2) is 41.9 Å². The van der Waals surface area contributed by atoms with E-state index in [9.17, 15) is 0 Å². The Bertz CT molecular complexity index is 746. The summed E-state index contributed by atoms with van der Waals surface area (Å²) in [6.45, 7) is 0.927. The Morgan fingerprint density at radius 2 is 2.19 bits per heavy atom. The molecule has 4 rings (SSSR count). The maximum absolute atomic E-state index is 6.22. The van der Waals surface area contributed by atoms with Gasteiger partial charge in [0.2, 0.25) is 0 Å². The summed E-state index contributed by atoms with van der Waals surface area (Å²) in [5.41, 5.74) is 2.07. The molecule has 3 heterocycles. The van der Waals surface area contributed by atoms with Crippen molar-refractivity contribution >= 4 is 34.4 Å². The monoisotopic (exact) mass is 317 g/mol. The molecule has 21 heavy (non-hydrogen) atoms. The van der Waals surface area contributed by atoms with Gasteiger partial charge in [-0.1, -0.05) is 12.1 Å². The summed E-state index contributed by atoms with van der Waals surface area (Å²) in [6.07, 6.45) is 4.54. The van der Waals surface area contributed by atoms with E-state index in [-0.39, 0.29) is 0 Å². The van der Waals surface area contributed by atoms with Crippen LogP contribution in [0.2, 0.25) is 0 Å². The molecular formula is C16H16ClN3S. The molecule has 0 radical (unpaired) electrons. The summed E-state index contributed by atoms with van der Waals surface area (Å²) in [5.74, 6) is 1.53. The molecule has 0 unspecified atom stereocenters. The Balaban J connectivity index is 1.78. The second-order valence-corrected chi connectivity index (χ2v) is 6.68. The lowest BCUT2D eigenvalue weighted by atomic mass is 10.3. The molecular weight excluding hydrogens is 302 g/mol. The number of aromatic nitrogens is 2. The third-order valence-electron chi connectivity index (χ3n) is 3.90. The van der Waals surface area contributed by atoms with Crippen molar-refractivity contribution in [3.05, 3.63) is 52.5 Å². The molecule has 5 heteroatoms. The maximum Gasteiger partial charge on any atom is 0.152 e. The van der Waals surface area contributed by atoms with E-state index >= 15 is 0 Å². The van der Waals surface area contributed by atoms with E-state index in [2.05, 4.69) is 26.8 Å². The smallest absolute Gasteiger partial charge is 0.152 e. The quantitative estimate of drug-likeness (QED) is 0.654. The van der Waals surface area contributed by atoms with E-state index in [0.29, 0.717) is 11.9 Å². The van der Waals surface area contributed by atoms with Gasteiger partial charge >= 0.3 is 0 Å². The second-order valence-electron chi connectivity index (χ2n) is 5.38. The number of anilines is 1. The number of imidazole rings is 1. The molecule has 1 aliphatic rings. The Morgan fingerprint density at radius 1 is 1.29 bits per heavy atom. The van der Waals surface area contributed by atoms with E-state index in [1.165, 1.54) is 17.7 Å². The van der Waals surface area contributed by atoms with Gasteiger partial charge in [-0.05, 0) is 36.4 Å². The van der Waals surface area contributed by atoms with Gasteiger partial charge in [0.05, 0.1) is 18.1 Å². The Labute approximate surface area is 132 Å². The Hall–Kier alpha value is -1.52. The number of pyridine rings is 1. The summed E-state index contributed by atoms with van der Waals surface area (Å²) in [7, 11) is 0. The van der Waals surface area contributed by atoms with Crippen molar-refractivity contribution in [3.63, 3.8) is 0 Å². The van der Waals surface area contributed by atoms with E-state index in [1.807, 2.05) is 24.4 Å². The van der Waals surface area contributed by atoms with Crippen molar-refractivity contribution in [1.82, 2.24) is 9.38 Å². The van der Waals surface area contributed by atoms with Crippen molar-refractivity contribution in [2.75, 3.05) is 4.90 Å². The van der Waals surface area contributed by atoms with Crippen molar-refractivity contribution in [2.45, 2.75) is 31.3 Å². The third kappa shape index (κ3) is 2.43. The van der Waals surface area contributed by atoms with E-state index < -0.39 is 0 Å². The van der Waals surface area contributed by atoms with Crippen LogP contribution >= 0.6 is 22.9 Å². The summed E-state index contributed by atoms with van der Waals surface area (Å²) in [4.78, 5) is 8.64. The van der Waals surface area contributed by atoms with Gasteiger partial charge in [-0.3, -0.25) is 0 Å². The molecule has 0 atom stereocenters. The van der Waals surface area contributed by atoms with Gasteiger partial charge in [-0.2, -0.15) is 0 Å². The number of fused-ring (bicyclic) bond motifs is 1. The van der Waals surface area contributed by atoms with E-state index in [4.69, 9.17) is 16.6 Å². The molecule has 0 N–H and O–H groups in total. The highest BCUT2D eigenvalue weighted by Gasteiger charge is 2.32. The summed E-state index contributed by atoms with van der Waals surface area (Å²) in [6, 6.07) is 11.0. The lowest BCUT2D eigenvalue weighted by molar-refractivity contribution is 0.785. The zero-order valence-electron chi connectivity index (χ0n) is 11.6. The van der Waals surface area contributed by atoms with Crippen LogP contribution in [0.3, 0.4) is 0 Å². The molecule has 108 valence electrons. The third-order valence-corrected chi connectivity index (χ3v) is 5.01. The van der Waals surface area contributed by atoms with Crippen LogP contribution in [-0.2, 0) is 12.4 Å². The number of alkyl halides is 1. The first kappa shape index (κ1) is 13.2. The lowest BCUT2D eigenvalue weighted by Gasteiger charge is -2.22. The topological polar surface area (TPSA) is 20.5 Å². The van der Waals surface area contributed by atoms with Crippen LogP contribution in [0, 0.1) is 0 Å². The molecule has 0 aliphatic heterocycles. The molecule has 1 fully saturated rings. The molecule has 0 spiro atoms. The van der Waals surface area contributed by atoms with Crippen molar-refractivity contribution in [3.8, 4) is 0 Å². The van der Waals surface area contributed by atoms with Gasteiger partial charge in [0.1, 0.15) is 5.65 Å². The average Bonchev–Trinajstić information content (AvgIpc) is 3.10. The zero-order valence-corrected chi connectivity index (χ0v) is 13.1. The van der Waals surface area contributed by atoms with Gasteiger partial charge in [0.15, 0.2) is 5.82 Å². The van der Waals surface area contributed by atoms with Gasteiger partial charge in [0, 0.05) is 17.1 Å². The number of hydrogen-bond donors (Lipinski definition) is 0. The molecule has 0 saturated heterocycles. The van der Waals surface area contributed by atoms with E-state index in [0.717, 1.165) is 23.7 Å². The highest BCUT2D eigenvalue weighted by atomic mass is 35.5. The molecule has 0 amide bonds. The summed E-state index contributed by atoms with van der Waals surface area (Å²) < 4.78 is 2.10. The SMILES string of the molecule is ClCc1c(N(Cc2cccs2)C2CC2)nc2ccccn12. The minimum Gasteiger partial charge on any atom is -0.347 e. The zero-order chi connectivity index (χ0) is 14.2. The standard InChI is InChI=1S/C16H16ClN3S/c17-10-14-16(18-15-5-1-2-8-19(14)15)20(12-6-7-12)11-13-4-3-9-21-13/h1-5,8-9,12H,6-7,10-11H2. The predicted molar refractivity (Wildman–Crippen MR) is 88.3 cm³/mol. The average molecular weight is 318 g/mol. The van der Waals surface area contributed by atoms with Gasteiger partial charge in [0.25, 0.3) is 0 Å². The highest BCUT2D eigenvalue weighted by Crippen LogP contribution is 2.35. The summed E-state index contributed by atoms with van der Waals surface area (Å²) >= 11 is 8.02. The molecule has 0 aromatic carbocycles. The summed E-state index contributed by atoms with van der Waals surface area (Å²) in [5, 5.41) is 2.13. The van der Waals surface area contributed by atoms with Gasteiger partial charge in [-0.25, -0.2) is 4.98 Å². The number of thiophene rings is 1. The highest BCUT2D eigenvalue weighted by molar-refractivity contribution is 7.09. The van der Waals surface area contributed by atoms with Gasteiger partial charge in [-0.15, -0.1) is 22.9 Å². The molecule has 1 saturated carbocycles. The molecule has 0 bridgehead atoms. The number of hydrogen-bond acceptors (Lipinski definition) is 3. The van der Waals surface area contributed by atoms with Crippen LogP contribution in [0.1, 0.15) is 23.4 Å². The Morgan fingerprint density at radius 3 is 2.90 bits per heavy atom. The Kier molecular flexibility index (Phi) is 3.36. The fourth-order valence-corrected chi connectivity index (χ4v) is 3.67. The van der Waals surface area contributed by atoms with Gasteiger partial charge < -0.3 is 9.30 Å². The number of halogens is 1. The van der Waals surface area contributed by atoms with Crippen molar-refractivity contribution < 1.29 is 0 Å². The first-order valence-electron chi connectivity index (χ1n) is 7.18. The first-order valence-corrected chi connectivity index (χ1v) is 8.59. The van der Waals surface area contributed by atoms with Crippen LogP contribution in [0.5, 0.6) is 0 Å². The minimum absolute atomic E-state index is 0.480. The normalized spacial score (nSPS) is 14.7. The second kappa shape index (κ2) is 5.35. The fraction of sp³-hybridized carbons (Fsp3) is 0.312. The van der Waals surface area contributed by atoms with Crippen LogP contribution in [0.25, 0.3) is 5.65 Å². The molecule has 1 aliphatic carbocycles. The number of nitrogens with zero attached hydrogens (tertiary/aromatic N) is 3. The van der Waals surface area contributed by atoms with Crippen LogP contribution in [0.4, 0.5) is 5.82 Å². The fourth-order valence-electron chi connectivity index (χ4n) is 2.72. The lowest BCUT2D eigenvalue weighted by Crippen LogP contribution is -2.26. The molecule has 3 aromatic rings. The van der Waals surface area contributed by atoms with Crippen LogP contribution in [-0.4, -0.2) is 15.4 Å². The van der Waals surface area contributed by atoms with Crippen molar-refractivity contribution in [2.24, 2.45) is 0 Å². The predicted octanol–water partition coefficient (Wildman–Crippen LogP) is 4.30. The first-order chi connectivity index (χ1) is 10.4. The van der Waals surface area contributed by atoms with Crippen molar-refractivity contribution in [1.29, 1.82) is 0 Å². The van der Waals surface area contributed by atoms with Crippen LogP contribution < -0.4 is 4.90 Å².